The Morgan fingerprint density at radius 2 is 2.31 bits per heavy atom. The van der Waals surface area contributed by atoms with Gasteiger partial charge in [0.25, 0.3) is 0 Å². The van der Waals surface area contributed by atoms with Crippen LogP contribution < -0.4 is 0 Å². The molecule has 0 aliphatic carbocycles. The molecule has 1 aromatic heterocycles. The van der Waals surface area contributed by atoms with Gasteiger partial charge in [0.2, 0.25) is 0 Å². The van der Waals surface area contributed by atoms with Crippen LogP contribution in [0.4, 0.5) is 0 Å². The van der Waals surface area contributed by atoms with E-state index >= 15 is 0 Å². The zero-order valence-corrected chi connectivity index (χ0v) is 8.88. The standard InChI is InChI=1S/C10H15ClN2/c1-4-13(2,3)8-9-7-12-6-5-10(9)11/h5-7H,2,4,8H2,1,3H3. The van der Waals surface area contributed by atoms with Gasteiger partial charge in [-0.25, -0.2) is 0 Å². The second kappa shape index (κ2) is 4.07. The highest BCUT2D eigenvalue weighted by molar-refractivity contribution is 6.31. The number of nitrogens with zero attached hydrogens (tertiary/aromatic N) is 2. The zero-order chi connectivity index (χ0) is 9.90. The largest absolute Gasteiger partial charge is 0.456 e. The first kappa shape index (κ1) is 10.5. The molecule has 0 aliphatic rings. The van der Waals surface area contributed by atoms with Gasteiger partial charge in [0.15, 0.2) is 0 Å². The van der Waals surface area contributed by atoms with Crippen molar-refractivity contribution in [3.05, 3.63) is 36.1 Å². The molecule has 1 rings (SSSR count). The van der Waals surface area contributed by atoms with E-state index in [2.05, 4.69) is 26.0 Å². The van der Waals surface area contributed by atoms with Crippen LogP contribution in [0.25, 0.3) is 0 Å². The van der Waals surface area contributed by atoms with E-state index in [1.54, 1.807) is 12.4 Å². The molecule has 0 saturated carbocycles. The van der Waals surface area contributed by atoms with Crippen LogP contribution in [-0.2, 0) is 6.54 Å². The topological polar surface area (TPSA) is 12.9 Å². The van der Waals surface area contributed by atoms with Gasteiger partial charge in [-0.1, -0.05) is 11.6 Å². The summed E-state index contributed by atoms with van der Waals surface area (Å²) in [6.45, 7) is 3.91. The Morgan fingerprint density at radius 3 is 2.85 bits per heavy atom. The van der Waals surface area contributed by atoms with Gasteiger partial charge in [0.05, 0.1) is 18.1 Å². The molecule has 1 atom stereocenters. The molecule has 3 heteroatoms. The maximum absolute atomic E-state index is 6.01. The fourth-order valence-corrected chi connectivity index (χ4v) is 1.21. The third-order valence-corrected chi connectivity index (χ3v) is 2.53. The van der Waals surface area contributed by atoms with Crippen LogP contribution in [0.3, 0.4) is 0 Å². The van der Waals surface area contributed by atoms with Crippen molar-refractivity contribution in [1.29, 1.82) is 0 Å². The van der Waals surface area contributed by atoms with Crippen molar-refractivity contribution in [2.24, 2.45) is 0 Å². The summed E-state index contributed by atoms with van der Waals surface area (Å²) in [5.41, 5.74) is 1.06. The minimum absolute atomic E-state index is 0.686. The van der Waals surface area contributed by atoms with E-state index in [4.69, 9.17) is 11.6 Å². The molecule has 0 aromatic carbocycles. The van der Waals surface area contributed by atoms with Crippen molar-refractivity contribution in [3.63, 3.8) is 0 Å². The highest BCUT2D eigenvalue weighted by Crippen LogP contribution is 2.17. The van der Waals surface area contributed by atoms with Gasteiger partial charge in [0.1, 0.15) is 0 Å². The molecule has 1 unspecified atom stereocenters. The third-order valence-electron chi connectivity index (χ3n) is 2.16. The fraction of sp³-hybridized carbons (Fsp3) is 0.400. The highest BCUT2D eigenvalue weighted by Gasteiger charge is 2.09. The summed E-state index contributed by atoms with van der Waals surface area (Å²) in [4.78, 5) is 4.04. The number of pyridine rings is 1. The predicted molar refractivity (Wildman–Crippen MR) is 55.0 cm³/mol. The van der Waals surface area contributed by atoms with E-state index in [9.17, 15) is 0 Å². The van der Waals surface area contributed by atoms with Gasteiger partial charge in [-0.2, -0.15) is 0 Å². The summed E-state index contributed by atoms with van der Waals surface area (Å²) in [6, 6.07) is 1.81. The van der Waals surface area contributed by atoms with Crippen molar-refractivity contribution >= 4 is 11.6 Å². The summed E-state index contributed by atoms with van der Waals surface area (Å²) < 4.78 is 0.686. The Morgan fingerprint density at radius 1 is 1.62 bits per heavy atom. The van der Waals surface area contributed by atoms with Gasteiger partial charge in [-0.05, 0) is 13.0 Å². The molecule has 72 valence electrons. The van der Waals surface area contributed by atoms with Gasteiger partial charge >= 0.3 is 0 Å². The molecule has 1 aromatic rings. The molecule has 1 heterocycles. The molecule has 0 N–H and O–H groups in total. The van der Waals surface area contributed by atoms with Crippen LogP contribution in [0.5, 0.6) is 0 Å². The Kier molecular flexibility index (Phi) is 3.28. The normalized spacial score (nSPS) is 15.4. The van der Waals surface area contributed by atoms with E-state index in [-0.39, 0.29) is 0 Å². The fourth-order valence-electron chi connectivity index (χ4n) is 1.05. The zero-order valence-electron chi connectivity index (χ0n) is 8.13. The van der Waals surface area contributed by atoms with Crippen LogP contribution in [0.15, 0.2) is 18.5 Å². The monoisotopic (exact) mass is 198 g/mol. The van der Waals surface area contributed by atoms with Gasteiger partial charge < -0.3 is 4.48 Å². The number of hydrogen-bond donors (Lipinski definition) is 0. The van der Waals surface area contributed by atoms with Gasteiger partial charge in [-0.15, -0.1) is 7.05 Å². The van der Waals surface area contributed by atoms with Gasteiger partial charge in [0, 0.05) is 25.0 Å². The van der Waals surface area contributed by atoms with Crippen molar-refractivity contribution in [2.45, 2.75) is 13.5 Å². The van der Waals surface area contributed by atoms with Crippen LogP contribution >= 0.6 is 11.6 Å². The summed E-state index contributed by atoms with van der Waals surface area (Å²) in [7, 11) is 6.15. The average molecular weight is 199 g/mol. The lowest BCUT2D eigenvalue weighted by atomic mass is 10.2. The summed E-state index contributed by atoms with van der Waals surface area (Å²) in [5, 5.41) is 0.774. The van der Waals surface area contributed by atoms with E-state index in [1.807, 2.05) is 6.07 Å². The van der Waals surface area contributed by atoms with Crippen molar-refractivity contribution in [3.8, 4) is 0 Å². The molecule has 13 heavy (non-hydrogen) atoms. The number of halogens is 1. The molecule has 0 radical (unpaired) electrons. The molecule has 0 bridgehead atoms. The van der Waals surface area contributed by atoms with E-state index in [1.165, 1.54) is 0 Å². The molecule has 0 saturated heterocycles. The summed E-state index contributed by atoms with van der Waals surface area (Å²) in [6.07, 6.45) is 3.50. The Labute approximate surface area is 84.7 Å². The van der Waals surface area contributed by atoms with Crippen LogP contribution in [0, 0.1) is 7.05 Å². The molecule has 2 nitrogen and oxygen atoms in total. The molecule has 0 amide bonds. The van der Waals surface area contributed by atoms with Crippen molar-refractivity contribution in [2.75, 3.05) is 13.6 Å². The Balaban J connectivity index is 2.80. The first-order valence-corrected chi connectivity index (χ1v) is 4.70. The smallest absolute Gasteiger partial charge is 0.0830 e. The molecular weight excluding hydrogens is 184 g/mol. The van der Waals surface area contributed by atoms with E-state index in [0.717, 1.165) is 23.7 Å². The van der Waals surface area contributed by atoms with Crippen LogP contribution in [0.1, 0.15) is 12.5 Å². The third kappa shape index (κ3) is 2.98. The average Bonchev–Trinajstić information content (AvgIpc) is 2.09. The summed E-state index contributed by atoms with van der Waals surface area (Å²) in [5.74, 6) is 0. The maximum Gasteiger partial charge on any atom is 0.0830 e. The van der Waals surface area contributed by atoms with Crippen molar-refractivity contribution < 1.29 is 4.48 Å². The molecule has 0 aliphatic heterocycles. The molecular formula is C10H15ClN2. The number of hydrogen-bond acceptors (Lipinski definition) is 1. The summed E-state index contributed by atoms with van der Waals surface area (Å²) >= 11 is 6.01. The Hall–Kier alpha value is -0.600. The lowest BCUT2D eigenvalue weighted by molar-refractivity contribution is -0.877. The van der Waals surface area contributed by atoms with Crippen LogP contribution in [0.2, 0.25) is 5.02 Å². The minimum atomic E-state index is 0.686. The first-order chi connectivity index (χ1) is 6.05. The SMILES string of the molecule is [CH2-][N+](C)(CC)Cc1cnccc1Cl. The van der Waals surface area contributed by atoms with Crippen molar-refractivity contribution in [1.82, 2.24) is 4.98 Å². The second-order valence-electron chi connectivity index (χ2n) is 3.56. The quantitative estimate of drug-likeness (QED) is 0.537. The number of aromatic nitrogens is 1. The maximum atomic E-state index is 6.01. The van der Waals surface area contributed by atoms with Gasteiger partial charge in [-0.3, -0.25) is 4.98 Å². The predicted octanol–water partition coefficient (Wildman–Crippen LogP) is 2.49. The lowest BCUT2D eigenvalue weighted by Crippen LogP contribution is -2.35. The lowest BCUT2D eigenvalue weighted by Gasteiger charge is -2.36. The minimum Gasteiger partial charge on any atom is -0.456 e. The second-order valence-corrected chi connectivity index (χ2v) is 3.97. The highest BCUT2D eigenvalue weighted by atomic mass is 35.5. The van der Waals surface area contributed by atoms with E-state index < -0.39 is 0 Å². The number of quaternary nitrogens is 1. The first-order valence-electron chi connectivity index (χ1n) is 4.32. The van der Waals surface area contributed by atoms with E-state index in [0.29, 0.717) is 4.48 Å². The van der Waals surface area contributed by atoms with Crippen LogP contribution in [-0.4, -0.2) is 23.1 Å². The number of rotatable bonds is 3. The Bertz CT molecular complexity index is 284. The molecule has 0 spiro atoms. The molecule has 0 fully saturated rings.